The molecular formula is C27H32N2O6. The van der Waals surface area contributed by atoms with Crippen LogP contribution < -0.4 is 10.6 Å². The number of amides is 2. The molecule has 0 bridgehead atoms. The number of carboxylic acids is 1. The van der Waals surface area contributed by atoms with Crippen molar-refractivity contribution < 1.29 is 29.0 Å². The smallest absolute Gasteiger partial charge is 0.407 e. The zero-order valence-electron chi connectivity index (χ0n) is 19.9. The Morgan fingerprint density at radius 1 is 0.971 bits per heavy atom. The van der Waals surface area contributed by atoms with E-state index in [4.69, 9.17) is 14.6 Å². The van der Waals surface area contributed by atoms with Crippen LogP contribution >= 0.6 is 0 Å². The van der Waals surface area contributed by atoms with E-state index >= 15 is 0 Å². The topological polar surface area (TPSA) is 114 Å². The predicted octanol–water partition coefficient (Wildman–Crippen LogP) is 3.55. The number of aliphatic carboxylic acids is 1. The van der Waals surface area contributed by atoms with Crippen LogP contribution in [0.3, 0.4) is 0 Å². The van der Waals surface area contributed by atoms with Gasteiger partial charge < -0.3 is 25.2 Å². The molecule has 4 rings (SSSR count). The Hall–Kier alpha value is -3.39. The summed E-state index contributed by atoms with van der Waals surface area (Å²) in [4.78, 5) is 35.3. The molecule has 0 radical (unpaired) electrons. The highest BCUT2D eigenvalue weighted by atomic mass is 16.5. The Labute approximate surface area is 205 Å². The molecule has 1 unspecified atom stereocenters. The van der Waals surface area contributed by atoms with E-state index < -0.39 is 18.2 Å². The number of hydrogen-bond acceptors (Lipinski definition) is 5. The third kappa shape index (κ3) is 6.00. The largest absolute Gasteiger partial charge is 0.479 e. The second-order valence-corrected chi connectivity index (χ2v) is 9.32. The lowest BCUT2D eigenvalue weighted by molar-refractivity contribution is -0.149. The summed E-state index contributed by atoms with van der Waals surface area (Å²) >= 11 is 0. The first-order chi connectivity index (χ1) is 17.0. The minimum Gasteiger partial charge on any atom is -0.479 e. The summed E-state index contributed by atoms with van der Waals surface area (Å²) in [5.41, 5.74) is 4.76. The number of nitrogens with one attached hydrogen (secondary N) is 2. The van der Waals surface area contributed by atoms with Gasteiger partial charge in [0.25, 0.3) is 0 Å². The van der Waals surface area contributed by atoms with Gasteiger partial charge in [-0.25, -0.2) is 9.59 Å². The highest BCUT2D eigenvalue weighted by molar-refractivity contribution is 5.79. The molecule has 2 amide bonds. The van der Waals surface area contributed by atoms with Gasteiger partial charge in [-0.3, -0.25) is 4.79 Å². The van der Waals surface area contributed by atoms with Gasteiger partial charge in [0.2, 0.25) is 5.91 Å². The lowest BCUT2D eigenvalue weighted by Crippen LogP contribution is -2.39. The van der Waals surface area contributed by atoms with Crippen LogP contribution in [0.2, 0.25) is 0 Å². The third-order valence-corrected chi connectivity index (χ3v) is 6.97. The quantitative estimate of drug-likeness (QED) is 0.453. The van der Waals surface area contributed by atoms with E-state index in [0.717, 1.165) is 12.8 Å². The van der Waals surface area contributed by atoms with Gasteiger partial charge in [0, 0.05) is 39.0 Å². The van der Waals surface area contributed by atoms with Crippen molar-refractivity contribution in [2.75, 3.05) is 26.8 Å². The second-order valence-electron chi connectivity index (χ2n) is 9.32. The van der Waals surface area contributed by atoms with Crippen molar-refractivity contribution in [3.05, 3.63) is 59.7 Å². The first-order valence-electron chi connectivity index (χ1n) is 12.1. The Morgan fingerprint density at radius 2 is 1.60 bits per heavy atom. The third-order valence-electron chi connectivity index (χ3n) is 6.97. The van der Waals surface area contributed by atoms with Crippen molar-refractivity contribution in [3.8, 4) is 11.1 Å². The van der Waals surface area contributed by atoms with Crippen molar-refractivity contribution in [2.45, 2.75) is 37.7 Å². The Bertz CT molecular complexity index is 1020. The van der Waals surface area contributed by atoms with Crippen LogP contribution in [0.1, 0.15) is 42.7 Å². The minimum atomic E-state index is -1.03. The van der Waals surface area contributed by atoms with Gasteiger partial charge in [0.1, 0.15) is 6.61 Å². The zero-order chi connectivity index (χ0) is 24.8. The van der Waals surface area contributed by atoms with Crippen LogP contribution in [0.25, 0.3) is 11.1 Å². The van der Waals surface area contributed by atoms with Crippen LogP contribution in [-0.4, -0.2) is 56.0 Å². The van der Waals surface area contributed by atoms with Gasteiger partial charge in [-0.2, -0.15) is 0 Å². The maximum absolute atomic E-state index is 12.3. The fourth-order valence-corrected chi connectivity index (χ4v) is 5.10. The van der Waals surface area contributed by atoms with E-state index in [1.165, 1.54) is 29.4 Å². The molecule has 2 aromatic carbocycles. The molecule has 35 heavy (non-hydrogen) atoms. The molecule has 186 valence electrons. The summed E-state index contributed by atoms with van der Waals surface area (Å²) in [5, 5.41) is 14.6. The first kappa shape index (κ1) is 24.7. The lowest BCUT2D eigenvalue weighted by atomic mass is 9.73. The van der Waals surface area contributed by atoms with E-state index in [1.54, 1.807) is 0 Å². The Balaban J connectivity index is 1.13. The molecule has 2 aromatic rings. The number of ether oxygens (including phenoxy) is 2. The summed E-state index contributed by atoms with van der Waals surface area (Å²) < 4.78 is 10.4. The molecule has 0 saturated heterocycles. The first-order valence-corrected chi connectivity index (χ1v) is 12.1. The molecule has 0 aromatic heterocycles. The number of carbonyl (C=O) groups excluding carboxylic acids is 2. The van der Waals surface area contributed by atoms with E-state index in [0.29, 0.717) is 25.5 Å². The van der Waals surface area contributed by atoms with Crippen molar-refractivity contribution in [1.82, 2.24) is 10.6 Å². The Morgan fingerprint density at radius 3 is 2.20 bits per heavy atom. The van der Waals surface area contributed by atoms with Crippen LogP contribution in [0, 0.1) is 11.8 Å². The summed E-state index contributed by atoms with van der Waals surface area (Å²) in [6.45, 7) is 1.09. The van der Waals surface area contributed by atoms with Crippen molar-refractivity contribution in [3.63, 3.8) is 0 Å². The van der Waals surface area contributed by atoms with Crippen molar-refractivity contribution in [1.29, 1.82) is 0 Å². The number of alkyl carbamates (subject to hydrolysis) is 1. The lowest BCUT2D eigenvalue weighted by Gasteiger charge is -2.35. The normalized spacial score (nSPS) is 19.1. The molecule has 1 atom stereocenters. The molecule has 8 nitrogen and oxygen atoms in total. The highest BCUT2D eigenvalue weighted by Crippen LogP contribution is 2.44. The van der Waals surface area contributed by atoms with Gasteiger partial charge in [-0.15, -0.1) is 0 Å². The molecular weight excluding hydrogens is 448 g/mol. The monoisotopic (exact) mass is 480 g/mol. The van der Waals surface area contributed by atoms with E-state index in [9.17, 15) is 14.4 Å². The molecule has 2 aliphatic carbocycles. The van der Waals surface area contributed by atoms with Crippen LogP contribution in [-0.2, 0) is 19.1 Å². The maximum Gasteiger partial charge on any atom is 0.407 e. The van der Waals surface area contributed by atoms with Gasteiger partial charge in [0.05, 0.1) is 0 Å². The number of benzene rings is 2. The molecule has 0 heterocycles. The van der Waals surface area contributed by atoms with E-state index in [2.05, 4.69) is 34.9 Å². The Kier molecular flexibility index (Phi) is 8.02. The molecule has 0 spiro atoms. The second kappa shape index (κ2) is 11.4. The number of hydrogen-bond donors (Lipinski definition) is 3. The van der Waals surface area contributed by atoms with Crippen LogP contribution in [0.15, 0.2) is 48.5 Å². The predicted molar refractivity (Wildman–Crippen MR) is 130 cm³/mol. The molecule has 0 aliphatic heterocycles. The van der Waals surface area contributed by atoms with Crippen molar-refractivity contribution >= 4 is 18.0 Å². The number of rotatable bonds is 11. The zero-order valence-corrected chi connectivity index (χ0v) is 19.9. The SMILES string of the molecule is COC(CCNC(=O)CC1CC(CNC(=O)OCC2c3ccccc3-c3ccccc32)C1)C(=O)O. The van der Waals surface area contributed by atoms with Crippen LogP contribution in [0.4, 0.5) is 4.79 Å². The summed E-state index contributed by atoms with van der Waals surface area (Å²) in [7, 11) is 1.34. The van der Waals surface area contributed by atoms with Crippen molar-refractivity contribution in [2.24, 2.45) is 11.8 Å². The average Bonchev–Trinajstić information content (AvgIpc) is 3.15. The summed E-state index contributed by atoms with van der Waals surface area (Å²) in [6, 6.07) is 16.5. The van der Waals surface area contributed by atoms with Gasteiger partial charge in [-0.05, 0) is 46.9 Å². The molecule has 3 N–H and O–H groups in total. The van der Waals surface area contributed by atoms with Gasteiger partial charge in [0.15, 0.2) is 6.10 Å². The molecule has 2 aliphatic rings. The summed E-state index contributed by atoms with van der Waals surface area (Å²) in [5.74, 6) is -0.472. The number of carbonyl (C=O) groups is 3. The fourth-order valence-electron chi connectivity index (χ4n) is 5.10. The molecule has 8 heteroatoms. The standard InChI is InChI=1S/C27H32N2O6/c1-34-24(26(31)32)10-11-28-25(30)14-17-12-18(13-17)15-29-27(33)35-16-23-21-8-4-2-6-19(21)20-7-3-5-9-22(20)23/h2-9,17-18,23-24H,10-16H2,1H3,(H,28,30)(H,29,33)(H,31,32). The minimum absolute atomic E-state index is 0.0365. The van der Waals surface area contributed by atoms with E-state index in [1.807, 2.05) is 24.3 Å². The number of carboxylic acid groups (broad SMARTS) is 1. The highest BCUT2D eigenvalue weighted by Gasteiger charge is 2.32. The molecule has 1 fully saturated rings. The fraction of sp³-hybridized carbons (Fsp3) is 0.444. The average molecular weight is 481 g/mol. The van der Waals surface area contributed by atoms with Crippen LogP contribution in [0.5, 0.6) is 0 Å². The van der Waals surface area contributed by atoms with Gasteiger partial charge in [-0.1, -0.05) is 48.5 Å². The summed E-state index contributed by atoms with van der Waals surface area (Å²) in [6.07, 6.45) is 1.05. The number of fused-ring (bicyclic) bond motifs is 3. The number of methoxy groups -OCH3 is 1. The maximum atomic E-state index is 12.3. The van der Waals surface area contributed by atoms with Gasteiger partial charge >= 0.3 is 12.1 Å². The molecule has 1 saturated carbocycles. The van der Waals surface area contributed by atoms with E-state index in [-0.39, 0.29) is 30.7 Å².